The lowest BCUT2D eigenvalue weighted by Gasteiger charge is -2.04. The molecule has 0 saturated heterocycles. The van der Waals surface area contributed by atoms with Gasteiger partial charge >= 0.3 is 0 Å². The van der Waals surface area contributed by atoms with Gasteiger partial charge in [0.2, 0.25) is 0 Å². The van der Waals surface area contributed by atoms with Crippen molar-refractivity contribution in [3.05, 3.63) is 35.3 Å². The predicted octanol–water partition coefficient (Wildman–Crippen LogP) is 2.43. The second kappa shape index (κ2) is 5.79. The van der Waals surface area contributed by atoms with E-state index in [-0.39, 0.29) is 0 Å². The lowest BCUT2D eigenvalue weighted by molar-refractivity contribution is 0.183. The molecule has 0 saturated carbocycles. The number of nitrogens with one attached hydrogen (secondary N) is 1. The molecule has 5 nitrogen and oxygen atoms in total. The maximum Gasteiger partial charge on any atom is 0.0770 e. The molecule has 0 aliphatic carbocycles. The van der Waals surface area contributed by atoms with Gasteiger partial charge in [-0.25, -0.2) is 0 Å². The highest BCUT2D eigenvalue weighted by molar-refractivity contribution is 9.10. The van der Waals surface area contributed by atoms with E-state index >= 15 is 0 Å². The maximum absolute atomic E-state index is 5.00. The van der Waals surface area contributed by atoms with Crippen LogP contribution in [0.15, 0.2) is 35.3 Å². The number of methoxy groups -OCH3 is 1. The highest BCUT2D eigenvalue weighted by Crippen LogP contribution is 2.23. The molecular formula is C11H13BrN4O. The van der Waals surface area contributed by atoms with Crippen LogP contribution in [0, 0.1) is 0 Å². The van der Waals surface area contributed by atoms with Gasteiger partial charge in [-0.3, -0.25) is 9.67 Å². The minimum Gasteiger partial charge on any atom is -0.383 e. The topological polar surface area (TPSA) is 52.0 Å². The Morgan fingerprint density at radius 3 is 3.12 bits per heavy atom. The Labute approximate surface area is 108 Å². The largest absolute Gasteiger partial charge is 0.383 e. The van der Waals surface area contributed by atoms with Crippen molar-refractivity contribution in [1.29, 1.82) is 0 Å². The van der Waals surface area contributed by atoms with E-state index in [4.69, 9.17) is 4.74 Å². The third-order valence-electron chi connectivity index (χ3n) is 2.21. The number of anilines is 2. The van der Waals surface area contributed by atoms with Crippen LogP contribution in [0.4, 0.5) is 11.4 Å². The second-order valence-electron chi connectivity index (χ2n) is 3.47. The van der Waals surface area contributed by atoms with Crippen LogP contribution in [-0.4, -0.2) is 28.5 Å². The molecular weight excluding hydrogens is 284 g/mol. The zero-order chi connectivity index (χ0) is 12.1. The van der Waals surface area contributed by atoms with Crippen molar-refractivity contribution in [2.45, 2.75) is 6.54 Å². The zero-order valence-corrected chi connectivity index (χ0v) is 11.0. The first kappa shape index (κ1) is 12.1. The van der Waals surface area contributed by atoms with Gasteiger partial charge in [0.05, 0.1) is 35.2 Å². The van der Waals surface area contributed by atoms with E-state index in [0.29, 0.717) is 6.61 Å². The molecule has 90 valence electrons. The highest BCUT2D eigenvalue weighted by Gasteiger charge is 2.02. The number of hydrogen-bond donors (Lipinski definition) is 1. The van der Waals surface area contributed by atoms with Gasteiger partial charge in [0, 0.05) is 25.7 Å². The number of pyridine rings is 1. The Hall–Kier alpha value is -1.40. The molecule has 0 radical (unpaired) electrons. The number of ether oxygens (including phenoxy) is 1. The molecule has 6 heteroatoms. The molecule has 2 aromatic heterocycles. The fourth-order valence-electron chi connectivity index (χ4n) is 1.37. The summed E-state index contributed by atoms with van der Waals surface area (Å²) in [4.78, 5) is 4.01. The molecule has 0 aliphatic heterocycles. The smallest absolute Gasteiger partial charge is 0.0770 e. The lowest BCUT2D eigenvalue weighted by atomic mass is 10.4. The van der Waals surface area contributed by atoms with Crippen LogP contribution in [0.1, 0.15) is 0 Å². The Kier molecular flexibility index (Phi) is 4.11. The number of hydrogen-bond acceptors (Lipinski definition) is 4. The van der Waals surface area contributed by atoms with Crippen LogP contribution in [-0.2, 0) is 11.3 Å². The fourth-order valence-corrected chi connectivity index (χ4v) is 1.72. The average Bonchev–Trinajstić information content (AvgIpc) is 2.77. The van der Waals surface area contributed by atoms with E-state index in [1.54, 1.807) is 25.7 Å². The van der Waals surface area contributed by atoms with Crippen molar-refractivity contribution >= 4 is 27.3 Å². The van der Waals surface area contributed by atoms with Crippen LogP contribution in [0.25, 0.3) is 0 Å². The van der Waals surface area contributed by atoms with E-state index in [0.717, 1.165) is 22.4 Å². The first-order valence-electron chi connectivity index (χ1n) is 5.17. The van der Waals surface area contributed by atoms with Gasteiger partial charge < -0.3 is 10.1 Å². The Bertz CT molecular complexity index is 486. The van der Waals surface area contributed by atoms with E-state index in [1.807, 2.05) is 16.9 Å². The van der Waals surface area contributed by atoms with Gasteiger partial charge in [-0.1, -0.05) is 0 Å². The van der Waals surface area contributed by atoms with Crippen LogP contribution < -0.4 is 5.32 Å². The molecule has 2 rings (SSSR count). The van der Waals surface area contributed by atoms with Gasteiger partial charge in [-0.2, -0.15) is 5.10 Å². The van der Waals surface area contributed by atoms with Gasteiger partial charge in [0.1, 0.15) is 0 Å². The summed E-state index contributed by atoms with van der Waals surface area (Å²) in [5.41, 5.74) is 1.90. The Morgan fingerprint density at radius 1 is 1.47 bits per heavy atom. The molecule has 0 aromatic carbocycles. The van der Waals surface area contributed by atoms with Crippen molar-refractivity contribution in [3.8, 4) is 0 Å². The number of halogens is 1. The van der Waals surface area contributed by atoms with Gasteiger partial charge in [0.25, 0.3) is 0 Å². The third-order valence-corrected chi connectivity index (χ3v) is 2.84. The molecule has 0 bridgehead atoms. The van der Waals surface area contributed by atoms with E-state index in [2.05, 4.69) is 31.3 Å². The van der Waals surface area contributed by atoms with Crippen molar-refractivity contribution in [2.24, 2.45) is 0 Å². The van der Waals surface area contributed by atoms with Crippen LogP contribution >= 0.6 is 15.9 Å². The molecule has 2 heterocycles. The summed E-state index contributed by atoms with van der Waals surface area (Å²) in [7, 11) is 1.68. The molecule has 0 aliphatic rings. The molecule has 1 N–H and O–H groups in total. The molecule has 0 unspecified atom stereocenters. The molecule has 0 atom stereocenters. The monoisotopic (exact) mass is 296 g/mol. The molecule has 0 amide bonds. The summed E-state index contributed by atoms with van der Waals surface area (Å²) in [6, 6.07) is 1.90. The van der Waals surface area contributed by atoms with Crippen molar-refractivity contribution in [2.75, 3.05) is 19.0 Å². The third kappa shape index (κ3) is 3.28. The normalized spacial score (nSPS) is 10.5. The molecule has 0 spiro atoms. The second-order valence-corrected chi connectivity index (χ2v) is 4.32. The quantitative estimate of drug-likeness (QED) is 0.921. The first-order valence-corrected chi connectivity index (χ1v) is 5.97. The summed E-state index contributed by atoms with van der Waals surface area (Å²) < 4.78 is 7.75. The van der Waals surface area contributed by atoms with E-state index in [1.165, 1.54) is 0 Å². The Morgan fingerprint density at radius 2 is 2.35 bits per heavy atom. The van der Waals surface area contributed by atoms with Crippen molar-refractivity contribution in [1.82, 2.24) is 14.8 Å². The van der Waals surface area contributed by atoms with Gasteiger partial charge in [-0.05, 0) is 22.0 Å². The van der Waals surface area contributed by atoms with Crippen LogP contribution in [0.2, 0.25) is 0 Å². The summed E-state index contributed by atoms with van der Waals surface area (Å²) in [5, 5.41) is 7.48. The highest BCUT2D eigenvalue weighted by atomic mass is 79.9. The van der Waals surface area contributed by atoms with Crippen LogP contribution in [0.3, 0.4) is 0 Å². The fraction of sp³-hybridized carbons (Fsp3) is 0.273. The minimum atomic E-state index is 0.653. The standard InChI is InChI=1S/C11H13BrN4O/c1-17-5-4-16-8-9(6-14-16)15-11-2-3-13-7-10(11)12/h2-3,6-8H,4-5H2,1H3,(H,13,15). The molecule has 17 heavy (non-hydrogen) atoms. The van der Waals surface area contributed by atoms with Crippen molar-refractivity contribution in [3.63, 3.8) is 0 Å². The number of rotatable bonds is 5. The summed E-state index contributed by atoms with van der Waals surface area (Å²) >= 11 is 3.43. The number of aromatic nitrogens is 3. The summed E-state index contributed by atoms with van der Waals surface area (Å²) in [5.74, 6) is 0. The summed E-state index contributed by atoms with van der Waals surface area (Å²) in [6.07, 6.45) is 7.20. The number of nitrogens with zero attached hydrogens (tertiary/aromatic N) is 3. The van der Waals surface area contributed by atoms with E-state index in [9.17, 15) is 0 Å². The van der Waals surface area contributed by atoms with Gasteiger partial charge in [-0.15, -0.1) is 0 Å². The van der Waals surface area contributed by atoms with Crippen LogP contribution in [0.5, 0.6) is 0 Å². The first-order chi connectivity index (χ1) is 8.29. The van der Waals surface area contributed by atoms with Crippen molar-refractivity contribution < 1.29 is 4.74 Å². The average molecular weight is 297 g/mol. The zero-order valence-electron chi connectivity index (χ0n) is 9.43. The lowest BCUT2D eigenvalue weighted by Crippen LogP contribution is -2.03. The Balaban J connectivity index is 2.04. The maximum atomic E-state index is 5.00. The molecule has 2 aromatic rings. The van der Waals surface area contributed by atoms with Gasteiger partial charge in [0.15, 0.2) is 0 Å². The predicted molar refractivity (Wildman–Crippen MR) is 69.3 cm³/mol. The summed E-state index contributed by atoms with van der Waals surface area (Å²) in [6.45, 7) is 1.40. The minimum absolute atomic E-state index is 0.653. The molecule has 0 fully saturated rings. The van der Waals surface area contributed by atoms with E-state index < -0.39 is 0 Å². The SMILES string of the molecule is COCCn1cc(Nc2ccncc2Br)cn1.